The van der Waals surface area contributed by atoms with E-state index in [-0.39, 0.29) is 12.6 Å². The summed E-state index contributed by atoms with van der Waals surface area (Å²) < 4.78 is 0. The molecule has 0 rings (SSSR count). The van der Waals surface area contributed by atoms with Crippen molar-refractivity contribution in [1.82, 2.24) is 10.6 Å². The fourth-order valence-corrected chi connectivity index (χ4v) is 0.753. The van der Waals surface area contributed by atoms with Gasteiger partial charge in [0, 0.05) is 19.2 Å². The molecule has 5 nitrogen and oxygen atoms in total. The maximum atomic E-state index is 11.1. The number of carbonyl (C=O) groups is 2. The van der Waals surface area contributed by atoms with Crippen molar-refractivity contribution < 1.29 is 14.7 Å². The van der Waals surface area contributed by atoms with E-state index in [4.69, 9.17) is 5.11 Å². The smallest absolute Gasteiger partial charge is 0.309 e. The number of aliphatic hydroxyl groups is 1. The lowest BCUT2D eigenvalue weighted by Gasteiger charge is -2.10. The van der Waals surface area contributed by atoms with Crippen LogP contribution in [-0.4, -0.2) is 36.1 Å². The Bertz CT molecular complexity index is 194. The molecule has 0 heterocycles. The topological polar surface area (TPSA) is 78.4 Å². The molecule has 0 saturated heterocycles. The highest BCUT2D eigenvalue weighted by Gasteiger charge is 2.13. The Morgan fingerprint density at radius 2 is 2.00 bits per heavy atom. The van der Waals surface area contributed by atoms with E-state index in [1.165, 1.54) is 0 Å². The standard InChI is InChI=1S/C9H18N2O3/c1-3-7(2)11-9(14)8(13)10-5-4-6-12/h7,12H,3-6H2,1-2H3,(H,10,13)(H,11,14). The molecule has 14 heavy (non-hydrogen) atoms. The lowest BCUT2D eigenvalue weighted by Crippen LogP contribution is -2.43. The van der Waals surface area contributed by atoms with Gasteiger partial charge in [-0.1, -0.05) is 6.92 Å². The summed E-state index contributed by atoms with van der Waals surface area (Å²) in [7, 11) is 0. The molecule has 0 bridgehead atoms. The third-order valence-electron chi connectivity index (χ3n) is 1.82. The van der Waals surface area contributed by atoms with E-state index in [0.29, 0.717) is 13.0 Å². The molecular formula is C9H18N2O3. The summed E-state index contributed by atoms with van der Waals surface area (Å²) in [6.07, 6.45) is 1.25. The molecule has 0 spiro atoms. The van der Waals surface area contributed by atoms with Crippen molar-refractivity contribution in [3.63, 3.8) is 0 Å². The predicted molar refractivity (Wildman–Crippen MR) is 52.6 cm³/mol. The van der Waals surface area contributed by atoms with Crippen molar-refractivity contribution in [3.05, 3.63) is 0 Å². The van der Waals surface area contributed by atoms with Gasteiger partial charge in [0.05, 0.1) is 0 Å². The lowest BCUT2D eigenvalue weighted by atomic mass is 10.2. The van der Waals surface area contributed by atoms with Gasteiger partial charge in [0.15, 0.2) is 0 Å². The number of carbonyl (C=O) groups excluding carboxylic acids is 2. The first-order valence-corrected chi connectivity index (χ1v) is 4.81. The first-order valence-electron chi connectivity index (χ1n) is 4.81. The van der Waals surface area contributed by atoms with Crippen LogP contribution in [0.4, 0.5) is 0 Å². The fourth-order valence-electron chi connectivity index (χ4n) is 0.753. The lowest BCUT2D eigenvalue weighted by molar-refractivity contribution is -0.139. The fraction of sp³-hybridized carbons (Fsp3) is 0.778. The maximum Gasteiger partial charge on any atom is 0.309 e. The summed E-state index contributed by atoms with van der Waals surface area (Å²) in [5.74, 6) is -1.25. The van der Waals surface area contributed by atoms with Crippen LogP contribution in [-0.2, 0) is 9.59 Å². The summed E-state index contributed by atoms with van der Waals surface area (Å²) in [6.45, 7) is 4.09. The zero-order valence-corrected chi connectivity index (χ0v) is 8.67. The molecule has 0 aromatic heterocycles. The van der Waals surface area contributed by atoms with Crippen molar-refractivity contribution in [2.45, 2.75) is 32.7 Å². The molecule has 1 unspecified atom stereocenters. The molecular weight excluding hydrogens is 184 g/mol. The third-order valence-corrected chi connectivity index (χ3v) is 1.82. The van der Waals surface area contributed by atoms with Gasteiger partial charge in [0.1, 0.15) is 0 Å². The number of aliphatic hydroxyl groups excluding tert-OH is 1. The van der Waals surface area contributed by atoms with Crippen LogP contribution in [0.2, 0.25) is 0 Å². The Morgan fingerprint density at radius 3 is 2.50 bits per heavy atom. The Balaban J connectivity index is 3.71. The van der Waals surface area contributed by atoms with E-state index in [1.54, 1.807) is 0 Å². The number of hydrogen-bond donors (Lipinski definition) is 3. The highest BCUT2D eigenvalue weighted by Crippen LogP contribution is 1.87. The molecule has 2 amide bonds. The van der Waals surface area contributed by atoms with Crippen molar-refractivity contribution in [1.29, 1.82) is 0 Å². The van der Waals surface area contributed by atoms with E-state index in [0.717, 1.165) is 6.42 Å². The van der Waals surface area contributed by atoms with Gasteiger partial charge in [-0.15, -0.1) is 0 Å². The van der Waals surface area contributed by atoms with Crippen LogP contribution in [0, 0.1) is 0 Å². The number of rotatable bonds is 5. The molecule has 82 valence electrons. The minimum atomic E-state index is -0.640. The van der Waals surface area contributed by atoms with Crippen molar-refractivity contribution in [3.8, 4) is 0 Å². The van der Waals surface area contributed by atoms with Crippen molar-refractivity contribution in [2.75, 3.05) is 13.2 Å². The zero-order valence-electron chi connectivity index (χ0n) is 8.67. The van der Waals surface area contributed by atoms with Crippen molar-refractivity contribution >= 4 is 11.8 Å². The first-order chi connectivity index (χ1) is 6.61. The molecule has 1 atom stereocenters. The Kier molecular flexibility index (Phi) is 6.74. The molecule has 0 aromatic carbocycles. The largest absolute Gasteiger partial charge is 0.396 e. The number of hydrogen-bond acceptors (Lipinski definition) is 3. The highest BCUT2D eigenvalue weighted by atomic mass is 16.3. The molecule has 0 aliphatic carbocycles. The molecule has 0 aliphatic heterocycles. The molecule has 3 N–H and O–H groups in total. The second-order valence-electron chi connectivity index (χ2n) is 3.12. The minimum Gasteiger partial charge on any atom is -0.396 e. The van der Waals surface area contributed by atoms with Crippen molar-refractivity contribution in [2.24, 2.45) is 0 Å². The van der Waals surface area contributed by atoms with Gasteiger partial charge in [0.25, 0.3) is 0 Å². The number of nitrogens with one attached hydrogen (secondary N) is 2. The highest BCUT2D eigenvalue weighted by molar-refractivity contribution is 6.35. The summed E-state index contributed by atoms with van der Waals surface area (Å²) in [5, 5.41) is 13.4. The summed E-state index contributed by atoms with van der Waals surface area (Å²) >= 11 is 0. The van der Waals surface area contributed by atoms with Gasteiger partial charge in [-0.3, -0.25) is 9.59 Å². The SMILES string of the molecule is CCC(C)NC(=O)C(=O)NCCCO. The van der Waals surface area contributed by atoms with Gasteiger partial charge in [-0.2, -0.15) is 0 Å². The van der Waals surface area contributed by atoms with E-state index >= 15 is 0 Å². The van der Waals surface area contributed by atoms with Crippen LogP contribution in [0.5, 0.6) is 0 Å². The number of amides is 2. The average molecular weight is 202 g/mol. The summed E-state index contributed by atoms with van der Waals surface area (Å²) in [5.41, 5.74) is 0. The van der Waals surface area contributed by atoms with Gasteiger partial charge in [0.2, 0.25) is 0 Å². The third kappa shape index (κ3) is 5.53. The van der Waals surface area contributed by atoms with E-state index in [2.05, 4.69) is 10.6 Å². The predicted octanol–water partition coefficient (Wildman–Crippen LogP) is -0.600. The van der Waals surface area contributed by atoms with Gasteiger partial charge < -0.3 is 15.7 Å². The zero-order chi connectivity index (χ0) is 11.0. The van der Waals surface area contributed by atoms with Gasteiger partial charge in [-0.05, 0) is 19.8 Å². The van der Waals surface area contributed by atoms with E-state index in [9.17, 15) is 9.59 Å². The van der Waals surface area contributed by atoms with Crippen LogP contribution >= 0.6 is 0 Å². The first kappa shape index (κ1) is 12.9. The Labute approximate surface area is 83.9 Å². The van der Waals surface area contributed by atoms with Crippen LogP contribution in [0.3, 0.4) is 0 Å². The van der Waals surface area contributed by atoms with Crippen LogP contribution in [0.25, 0.3) is 0 Å². The Morgan fingerprint density at radius 1 is 1.36 bits per heavy atom. The average Bonchev–Trinajstić information content (AvgIpc) is 2.17. The van der Waals surface area contributed by atoms with Gasteiger partial charge in [-0.25, -0.2) is 0 Å². The molecule has 0 aromatic rings. The second-order valence-corrected chi connectivity index (χ2v) is 3.12. The van der Waals surface area contributed by atoms with Crippen LogP contribution in [0.1, 0.15) is 26.7 Å². The maximum absolute atomic E-state index is 11.1. The summed E-state index contributed by atoms with van der Waals surface area (Å²) in [4.78, 5) is 22.2. The van der Waals surface area contributed by atoms with E-state index < -0.39 is 11.8 Å². The van der Waals surface area contributed by atoms with E-state index in [1.807, 2.05) is 13.8 Å². The van der Waals surface area contributed by atoms with Crippen LogP contribution in [0.15, 0.2) is 0 Å². The molecule has 0 radical (unpaired) electrons. The molecule has 5 heteroatoms. The summed E-state index contributed by atoms with van der Waals surface area (Å²) in [6, 6.07) is 0.00564. The monoisotopic (exact) mass is 202 g/mol. The quantitative estimate of drug-likeness (QED) is 0.411. The minimum absolute atomic E-state index is 0.00564. The molecule has 0 aliphatic rings. The molecule has 0 fully saturated rings. The Hall–Kier alpha value is -1.10. The van der Waals surface area contributed by atoms with Crippen LogP contribution < -0.4 is 10.6 Å². The normalized spacial score (nSPS) is 11.9. The molecule has 0 saturated carbocycles. The van der Waals surface area contributed by atoms with Gasteiger partial charge >= 0.3 is 11.8 Å². The second kappa shape index (κ2) is 7.32.